The van der Waals surface area contributed by atoms with Gasteiger partial charge in [0, 0.05) is 25.0 Å². The second-order valence-electron chi connectivity index (χ2n) is 6.25. The molecule has 0 amide bonds. The Balaban J connectivity index is 2.32. The van der Waals surface area contributed by atoms with Crippen LogP contribution in [0.25, 0.3) is 0 Å². The molecule has 0 aromatic carbocycles. The van der Waals surface area contributed by atoms with Crippen molar-refractivity contribution in [3.63, 3.8) is 0 Å². The van der Waals surface area contributed by atoms with Crippen LogP contribution in [0.5, 0.6) is 0 Å². The lowest BCUT2D eigenvalue weighted by Crippen LogP contribution is -2.21. The Morgan fingerprint density at radius 1 is 0.952 bits per heavy atom. The van der Waals surface area contributed by atoms with Crippen LogP contribution in [0.4, 0.5) is 0 Å². The third kappa shape index (κ3) is 7.71. The lowest BCUT2D eigenvalue weighted by atomic mass is 10.1. The maximum atomic E-state index is 3.68. The van der Waals surface area contributed by atoms with Crippen molar-refractivity contribution in [2.45, 2.75) is 91.1 Å². The van der Waals surface area contributed by atoms with Crippen LogP contribution in [0.3, 0.4) is 0 Å². The van der Waals surface area contributed by atoms with E-state index in [0.717, 1.165) is 6.54 Å². The molecule has 0 aliphatic carbocycles. The molecule has 0 spiro atoms. The van der Waals surface area contributed by atoms with Crippen molar-refractivity contribution in [2.75, 3.05) is 6.54 Å². The summed E-state index contributed by atoms with van der Waals surface area (Å²) in [6.45, 7) is 9.08. The lowest BCUT2D eigenvalue weighted by molar-refractivity contribution is 0.492. The van der Waals surface area contributed by atoms with E-state index in [1.165, 1.54) is 69.9 Å². The van der Waals surface area contributed by atoms with Crippen LogP contribution >= 0.6 is 0 Å². The van der Waals surface area contributed by atoms with Crippen LogP contribution in [0.1, 0.15) is 90.2 Å². The van der Waals surface area contributed by atoms with E-state index in [1.54, 1.807) is 0 Å². The zero-order valence-electron chi connectivity index (χ0n) is 14.5. The van der Waals surface area contributed by atoms with Crippen LogP contribution < -0.4 is 5.32 Å². The monoisotopic (exact) mass is 292 g/mol. The normalized spacial score (nSPS) is 12.7. The Bertz CT molecular complexity index is 343. The summed E-state index contributed by atoms with van der Waals surface area (Å²) in [4.78, 5) is 0. The largest absolute Gasteiger partial charge is 0.354 e. The van der Waals surface area contributed by atoms with Gasteiger partial charge in [0.2, 0.25) is 0 Å². The van der Waals surface area contributed by atoms with Gasteiger partial charge in [-0.1, -0.05) is 59.3 Å². The van der Waals surface area contributed by atoms with E-state index in [4.69, 9.17) is 0 Å². The summed E-state index contributed by atoms with van der Waals surface area (Å²) in [6.07, 6.45) is 16.5. The van der Waals surface area contributed by atoms with Gasteiger partial charge in [-0.05, 0) is 37.4 Å². The molecule has 1 heterocycles. The quantitative estimate of drug-likeness (QED) is 0.462. The highest BCUT2D eigenvalue weighted by Gasteiger charge is 2.10. The molecule has 0 aliphatic rings. The third-order valence-electron chi connectivity index (χ3n) is 4.16. The number of hydrogen-bond donors (Lipinski definition) is 1. The first-order valence-electron chi connectivity index (χ1n) is 9.20. The van der Waals surface area contributed by atoms with E-state index < -0.39 is 0 Å². The molecule has 2 heteroatoms. The fourth-order valence-electron chi connectivity index (χ4n) is 2.87. The van der Waals surface area contributed by atoms with E-state index in [9.17, 15) is 0 Å². The molecule has 1 aromatic rings. The van der Waals surface area contributed by atoms with Crippen molar-refractivity contribution < 1.29 is 0 Å². The van der Waals surface area contributed by atoms with E-state index in [-0.39, 0.29) is 0 Å². The average Bonchev–Trinajstić information content (AvgIpc) is 2.96. The Morgan fingerprint density at radius 3 is 2.43 bits per heavy atom. The molecule has 21 heavy (non-hydrogen) atoms. The molecule has 1 unspecified atom stereocenters. The van der Waals surface area contributed by atoms with Crippen molar-refractivity contribution >= 4 is 0 Å². The predicted octanol–water partition coefficient (Wildman–Crippen LogP) is 5.69. The van der Waals surface area contributed by atoms with Gasteiger partial charge in [-0.3, -0.25) is 0 Å². The second kappa shape index (κ2) is 11.9. The first-order chi connectivity index (χ1) is 10.3. The van der Waals surface area contributed by atoms with E-state index in [2.05, 4.69) is 49.1 Å². The van der Waals surface area contributed by atoms with Crippen LogP contribution in [-0.4, -0.2) is 11.1 Å². The number of aryl methyl sites for hydroxylation is 1. The Labute approximate surface area is 132 Å². The topological polar surface area (TPSA) is 17.0 Å². The number of rotatable bonds is 13. The lowest BCUT2D eigenvalue weighted by Gasteiger charge is -2.16. The smallest absolute Gasteiger partial charge is 0.0335 e. The molecule has 1 atom stereocenters. The van der Waals surface area contributed by atoms with Crippen LogP contribution in [0.2, 0.25) is 0 Å². The van der Waals surface area contributed by atoms with Gasteiger partial charge in [0.15, 0.2) is 0 Å². The molecular weight excluding hydrogens is 256 g/mol. The van der Waals surface area contributed by atoms with Gasteiger partial charge in [0.25, 0.3) is 0 Å². The molecular formula is C19H36N2. The molecule has 0 bridgehead atoms. The van der Waals surface area contributed by atoms with Crippen molar-refractivity contribution in [3.05, 3.63) is 24.0 Å². The molecule has 1 aromatic heterocycles. The number of aromatic nitrogens is 1. The predicted molar refractivity (Wildman–Crippen MR) is 93.8 cm³/mol. The van der Waals surface area contributed by atoms with Gasteiger partial charge in [0.1, 0.15) is 0 Å². The molecule has 1 rings (SSSR count). The minimum Gasteiger partial charge on any atom is -0.354 e. The molecule has 0 aliphatic heterocycles. The van der Waals surface area contributed by atoms with Crippen molar-refractivity contribution in [3.8, 4) is 0 Å². The minimum absolute atomic E-state index is 0.542. The zero-order valence-corrected chi connectivity index (χ0v) is 14.5. The van der Waals surface area contributed by atoms with E-state index in [1.807, 2.05) is 0 Å². The maximum Gasteiger partial charge on any atom is 0.0335 e. The summed E-state index contributed by atoms with van der Waals surface area (Å²) < 4.78 is 2.38. The van der Waals surface area contributed by atoms with Gasteiger partial charge < -0.3 is 9.88 Å². The number of unbranched alkanes of at least 4 members (excludes halogenated alkanes) is 5. The number of nitrogens with one attached hydrogen (secondary N) is 1. The maximum absolute atomic E-state index is 3.68. The fraction of sp³-hybridized carbons (Fsp3) is 0.789. The summed E-state index contributed by atoms with van der Waals surface area (Å²) in [5, 5.41) is 3.68. The van der Waals surface area contributed by atoms with Crippen LogP contribution in [0, 0.1) is 0 Å². The van der Waals surface area contributed by atoms with Gasteiger partial charge >= 0.3 is 0 Å². The number of nitrogens with zero attached hydrogens (tertiary/aromatic N) is 1. The van der Waals surface area contributed by atoms with Crippen molar-refractivity contribution in [2.24, 2.45) is 0 Å². The highest BCUT2D eigenvalue weighted by Crippen LogP contribution is 2.19. The van der Waals surface area contributed by atoms with E-state index >= 15 is 0 Å². The molecule has 0 radical (unpaired) electrons. The van der Waals surface area contributed by atoms with Crippen LogP contribution in [0.15, 0.2) is 18.5 Å². The van der Waals surface area contributed by atoms with Gasteiger partial charge in [-0.2, -0.15) is 0 Å². The highest BCUT2D eigenvalue weighted by atomic mass is 15.0. The standard InChI is InChI=1S/C19H36N2/c1-4-7-8-9-10-11-15-21-16-13-18(17-21)19(12-5-2)20-14-6-3/h13,16-17,19-20H,4-12,14-15H2,1-3H3. The zero-order chi connectivity index (χ0) is 15.3. The molecule has 0 fully saturated rings. The van der Waals surface area contributed by atoms with Crippen molar-refractivity contribution in [1.82, 2.24) is 9.88 Å². The van der Waals surface area contributed by atoms with Gasteiger partial charge in [-0.15, -0.1) is 0 Å². The molecule has 0 saturated carbocycles. The molecule has 1 N–H and O–H groups in total. The van der Waals surface area contributed by atoms with Crippen molar-refractivity contribution in [1.29, 1.82) is 0 Å². The summed E-state index contributed by atoms with van der Waals surface area (Å²) in [5.74, 6) is 0. The molecule has 0 saturated heterocycles. The molecule has 122 valence electrons. The van der Waals surface area contributed by atoms with E-state index in [0.29, 0.717) is 6.04 Å². The second-order valence-corrected chi connectivity index (χ2v) is 6.25. The Morgan fingerprint density at radius 2 is 1.71 bits per heavy atom. The first-order valence-corrected chi connectivity index (χ1v) is 9.20. The molecule has 2 nitrogen and oxygen atoms in total. The summed E-state index contributed by atoms with van der Waals surface area (Å²) in [5.41, 5.74) is 1.47. The van der Waals surface area contributed by atoms with Crippen LogP contribution in [-0.2, 0) is 6.54 Å². The summed E-state index contributed by atoms with van der Waals surface area (Å²) in [6, 6.07) is 2.85. The number of hydrogen-bond acceptors (Lipinski definition) is 1. The SMILES string of the molecule is CCCCCCCCn1ccc(C(CCC)NCCC)c1. The highest BCUT2D eigenvalue weighted by molar-refractivity contribution is 5.15. The van der Waals surface area contributed by atoms with Gasteiger partial charge in [-0.25, -0.2) is 0 Å². The fourth-order valence-corrected chi connectivity index (χ4v) is 2.87. The Hall–Kier alpha value is -0.760. The summed E-state index contributed by atoms with van der Waals surface area (Å²) in [7, 11) is 0. The first kappa shape index (κ1) is 18.3. The average molecular weight is 293 g/mol. The minimum atomic E-state index is 0.542. The third-order valence-corrected chi connectivity index (χ3v) is 4.16. The summed E-state index contributed by atoms with van der Waals surface area (Å²) >= 11 is 0. The Kier molecular flexibility index (Phi) is 10.3. The van der Waals surface area contributed by atoms with Gasteiger partial charge in [0.05, 0.1) is 0 Å².